The van der Waals surface area contributed by atoms with Crippen LogP contribution in [0.1, 0.15) is 24.8 Å². The largest absolute Gasteiger partial charge is 0.450 e. The molecule has 0 saturated carbocycles. The smallest absolute Gasteiger partial charge is 0.334 e. The van der Waals surface area contributed by atoms with Crippen LogP contribution in [0.5, 0.6) is 0 Å². The standard InChI is InChI=1S/C14H15ClO2/c1-11-10-14(8-5-9-15,17-13(11)16)12-6-3-2-4-7-12/h2-4,6-7H,1,5,8-10H2. The number of benzene rings is 1. The summed E-state index contributed by atoms with van der Waals surface area (Å²) in [6.07, 6.45) is 2.12. The fourth-order valence-electron chi connectivity index (χ4n) is 2.24. The van der Waals surface area contributed by atoms with Gasteiger partial charge in [0.05, 0.1) is 0 Å². The summed E-state index contributed by atoms with van der Waals surface area (Å²) in [5.74, 6) is 0.280. The number of carbonyl (C=O) groups is 1. The molecule has 17 heavy (non-hydrogen) atoms. The molecular weight excluding hydrogens is 236 g/mol. The molecular formula is C14H15ClO2. The summed E-state index contributed by atoms with van der Waals surface area (Å²) in [6, 6.07) is 9.82. The zero-order valence-corrected chi connectivity index (χ0v) is 10.4. The Kier molecular flexibility index (Phi) is 3.53. The van der Waals surface area contributed by atoms with Crippen molar-refractivity contribution in [3.8, 4) is 0 Å². The number of rotatable bonds is 4. The minimum absolute atomic E-state index is 0.288. The fourth-order valence-corrected chi connectivity index (χ4v) is 2.38. The number of alkyl halides is 1. The molecule has 0 radical (unpaired) electrons. The van der Waals surface area contributed by atoms with Crippen LogP contribution in [0, 0.1) is 0 Å². The summed E-state index contributed by atoms with van der Waals surface area (Å²) < 4.78 is 5.55. The van der Waals surface area contributed by atoms with Gasteiger partial charge in [0.1, 0.15) is 5.60 Å². The maximum atomic E-state index is 11.6. The molecule has 1 aliphatic rings. The highest BCUT2D eigenvalue weighted by molar-refractivity contribution is 6.17. The van der Waals surface area contributed by atoms with Gasteiger partial charge in [-0.05, 0) is 18.4 Å². The van der Waals surface area contributed by atoms with Crippen molar-refractivity contribution in [2.75, 3.05) is 5.88 Å². The Morgan fingerprint density at radius 2 is 2.06 bits per heavy atom. The first kappa shape index (κ1) is 12.2. The van der Waals surface area contributed by atoms with Crippen molar-refractivity contribution in [3.63, 3.8) is 0 Å². The molecule has 1 atom stereocenters. The molecule has 1 saturated heterocycles. The molecule has 3 heteroatoms. The summed E-state index contributed by atoms with van der Waals surface area (Å²) >= 11 is 5.74. The maximum absolute atomic E-state index is 11.6. The molecule has 1 aromatic rings. The van der Waals surface area contributed by atoms with Gasteiger partial charge in [0.15, 0.2) is 0 Å². The van der Waals surface area contributed by atoms with Gasteiger partial charge in [-0.3, -0.25) is 0 Å². The summed E-state index contributed by atoms with van der Waals surface area (Å²) in [7, 11) is 0. The predicted octanol–water partition coefficient (Wildman–Crippen LogP) is 3.40. The monoisotopic (exact) mass is 250 g/mol. The van der Waals surface area contributed by atoms with Crippen LogP contribution < -0.4 is 0 Å². The van der Waals surface area contributed by atoms with Crippen molar-refractivity contribution >= 4 is 17.6 Å². The zero-order valence-electron chi connectivity index (χ0n) is 9.62. The first-order valence-corrected chi connectivity index (χ1v) is 6.24. The molecule has 1 heterocycles. The third kappa shape index (κ3) is 2.37. The van der Waals surface area contributed by atoms with Crippen LogP contribution in [-0.2, 0) is 15.1 Å². The Labute approximate surface area is 106 Å². The summed E-state index contributed by atoms with van der Waals surface area (Å²) in [4.78, 5) is 11.6. The van der Waals surface area contributed by atoms with E-state index in [0.29, 0.717) is 17.9 Å². The molecule has 0 aliphatic carbocycles. The molecule has 90 valence electrons. The number of halogens is 1. The Morgan fingerprint density at radius 1 is 1.35 bits per heavy atom. The molecule has 0 bridgehead atoms. The predicted molar refractivity (Wildman–Crippen MR) is 67.9 cm³/mol. The third-order valence-electron chi connectivity index (χ3n) is 3.09. The Balaban J connectivity index is 2.32. The Hall–Kier alpha value is -1.28. The highest BCUT2D eigenvalue weighted by Crippen LogP contribution is 2.42. The van der Waals surface area contributed by atoms with Gasteiger partial charge in [0.25, 0.3) is 0 Å². The van der Waals surface area contributed by atoms with Gasteiger partial charge < -0.3 is 4.74 Å². The third-order valence-corrected chi connectivity index (χ3v) is 3.36. The van der Waals surface area contributed by atoms with E-state index in [4.69, 9.17) is 16.3 Å². The number of hydrogen-bond donors (Lipinski definition) is 0. The van der Waals surface area contributed by atoms with Crippen LogP contribution in [0.4, 0.5) is 0 Å². The van der Waals surface area contributed by atoms with Crippen molar-refractivity contribution in [1.82, 2.24) is 0 Å². The average Bonchev–Trinajstić information content (AvgIpc) is 2.65. The lowest BCUT2D eigenvalue weighted by Crippen LogP contribution is -2.25. The van der Waals surface area contributed by atoms with Crippen LogP contribution >= 0.6 is 11.6 Å². The summed E-state index contributed by atoms with van der Waals surface area (Å²) in [5.41, 5.74) is 1.02. The number of hydrogen-bond acceptors (Lipinski definition) is 2. The molecule has 1 unspecified atom stereocenters. The second kappa shape index (κ2) is 4.92. The lowest BCUT2D eigenvalue weighted by Gasteiger charge is -2.27. The van der Waals surface area contributed by atoms with Crippen LogP contribution in [0.25, 0.3) is 0 Å². The van der Waals surface area contributed by atoms with Crippen LogP contribution in [-0.4, -0.2) is 11.8 Å². The number of ether oxygens (including phenoxy) is 1. The Bertz CT molecular complexity index is 409. The van der Waals surface area contributed by atoms with E-state index in [1.807, 2.05) is 30.3 Å². The van der Waals surface area contributed by atoms with Crippen molar-refractivity contribution in [1.29, 1.82) is 0 Å². The lowest BCUT2D eigenvalue weighted by atomic mass is 9.86. The highest BCUT2D eigenvalue weighted by atomic mass is 35.5. The first-order valence-electron chi connectivity index (χ1n) is 5.70. The maximum Gasteiger partial charge on any atom is 0.334 e. The van der Waals surface area contributed by atoms with E-state index in [1.165, 1.54) is 0 Å². The normalized spacial score (nSPS) is 23.8. The van der Waals surface area contributed by atoms with Gasteiger partial charge in [0.2, 0.25) is 0 Å². The van der Waals surface area contributed by atoms with Crippen molar-refractivity contribution < 1.29 is 9.53 Å². The van der Waals surface area contributed by atoms with Gasteiger partial charge in [-0.1, -0.05) is 36.9 Å². The number of carbonyl (C=O) groups excluding carboxylic acids is 1. The highest BCUT2D eigenvalue weighted by Gasteiger charge is 2.43. The van der Waals surface area contributed by atoms with Crippen LogP contribution in [0.2, 0.25) is 0 Å². The van der Waals surface area contributed by atoms with Gasteiger partial charge in [0, 0.05) is 17.9 Å². The second-order valence-corrected chi connectivity index (χ2v) is 4.70. The molecule has 1 aliphatic heterocycles. The van der Waals surface area contributed by atoms with Crippen LogP contribution in [0.3, 0.4) is 0 Å². The summed E-state index contributed by atoms with van der Waals surface area (Å²) in [5, 5.41) is 0. The van der Waals surface area contributed by atoms with E-state index in [1.54, 1.807) is 0 Å². The zero-order chi connectivity index (χ0) is 12.3. The quantitative estimate of drug-likeness (QED) is 0.465. The van der Waals surface area contributed by atoms with Gasteiger partial charge in [-0.25, -0.2) is 4.79 Å². The molecule has 0 aromatic heterocycles. The SMILES string of the molecule is C=C1CC(CCCCl)(c2ccccc2)OC1=O. The van der Waals surface area contributed by atoms with Crippen LogP contribution in [0.15, 0.2) is 42.5 Å². The van der Waals surface area contributed by atoms with Crippen molar-refractivity contribution in [2.45, 2.75) is 24.9 Å². The second-order valence-electron chi connectivity index (χ2n) is 4.32. The lowest BCUT2D eigenvalue weighted by molar-refractivity contribution is -0.148. The molecule has 0 N–H and O–H groups in total. The van der Waals surface area contributed by atoms with Gasteiger partial charge in [-0.2, -0.15) is 0 Å². The molecule has 2 rings (SSSR count). The van der Waals surface area contributed by atoms with E-state index in [0.717, 1.165) is 18.4 Å². The van der Waals surface area contributed by atoms with Gasteiger partial charge in [-0.15, -0.1) is 11.6 Å². The van der Waals surface area contributed by atoms with Crippen molar-refractivity contribution in [2.24, 2.45) is 0 Å². The number of esters is 1. The van der Waals surface area contributed by atoms with Gasteiger partial charge >= 0.3 is 5.97 Å². The fraction of sp³-hybridized carbons (Fsp3) is 0.357. The van der Waals surface area contributed by atoms with E-state index in [9.17, 15) is 4.79 Å². The van der Waals surface area contributed by atoms with Crippen molar-refractivity contribution in [3.05, 3.63) is 48.0 Å². The molecule has 0 amide bonds. The molecule has 1 fully saturated rings. The van der Waals surface area contributed by atoms with E-state index in [-0.39, 0.29) is 5.97 Å². The number of cyclic esters (lactones) is 1. The minimum atomic E-state index is -0.551. The summed E-state index contributed by atoms with van der Waals surface area (Å²) in [6.45, 7) is 3.76. The molecule has 1 aromatic carbocycles. The van der Waals surface area contributed by atoms with E-state index < -0.39 is 5.60 Å². The molecule has 2 nitrogen and oxygen atoms in total. The topological polar surface area (TPSA) is 26.3 Å². The van der Waals surface area contributed by atoms with E-state index in [2.05, 4.69) is 6.58 Å². The Morgan fingerprint density at radius 3 is 2.59 bits per heavy atom. The minimum Gasteiger partial charge on any atom is -0.450 e. The first-order chi connectivity index (χ1) is 8.18. The average molecular weight is 251 g/mol. The molecule has 0 spiro atoms. The van der Waals surface area contributed by atoms with E-state index >= 15 is 0 Å².